The third-order valence-electron chi connectivity index (χ3n) is 5.22. The van der Waals surface area contributed by atoms with Crippen molar-refractivity contribution in [3.05, 3.63) is 71.8 Å². The van der Waals surface area contributed by atoms with Gasteiger partial charge in [0.25, 0.3) is 0 Å². The Bertz CT molecular complexity index is 623. The molecule has 1 fully saturated rings. The largest absolute Gasteiger partial charge is 0.375 e. The first-order valence-electron chi connectivity index (χ1n) is 9.59. The number of benzene rings is 2. The molecular weight excluding hydrogens is 306 g/mol. The fourth-order valence-corrected chi connectivity index (χ4v) is 3.88. The molecule has 1 saturated heterocycles. The minimum Gasteiger partial charge on any atom is -0.375 e. The van der Waals surface area contributed by atoms with E-state index in [1.54, 1.807) is 0 Å². The fourth-order valence-electron chi connectivity index (χ4n) is 3.88. The Hall–Kier alpha value is -1.64. The molecule has 0 bridgehead atoms. The molecule has 2 atom stereocenters. The molecule has 1 aliphatic heterocycles. The van der Waals surface area contributed by atoms with Crippen LogP contribution in [0, 0.1) is 0 Å². The van der Waals surface area contributed by atoms with Crippen molar-refractivity contribution in [1.82, 2.24) is 5.32 Å². The average Bonchev–Trinajstić information content (AvgIpc) is 2.62. The lowest BCUT2D eigenvalue weighted by atomic mass is 9.89. The predicted molar refractivity (Wildman–Crippen MR) is 105 cm³/mol. The van der Waals surface area contributed by atoms with Crippen molar-refractivity contribution in [2.75, 3.05) is 13.2 Å². The third-order valence-corrected chi connectivity index (χ3v) is 5.22. The topological polar surface area (TPSA) is 21.3 Å². The van der Waals surface area contributed by atoms with Gasteiger partial charge in [0.1, 0.15) is 0 Å². The van der Waals surface area contributed by atoms with Crippen LogP contribution in [0.2, 0.25) is 0 Å². The summed E-state index contributed by atoms with van der Waals surface area (Å²) in [6.07, 6.45) is 4.49. The molecule has 0 aliphatic carbocycles. The molecule has 2 unspecified atom stereocenters. The Labute approximate surface area is 152 Å². The molecule has 25 heavy (non-hydrogen) atoms. The summed E-state index contributed by atoms with van der Waals surface area (Å²) >= 11 is 0. The number of hydrogen-bond donors (Lipinski definition) is 1. The molecule has 2 nitrogen and oxygen atoms in total. The minimum absolute atomic E-state index is 0.0127. The molecule has 3 rings (SSSR count). The van der Waals surface area contributed by atoms with Gasteiger partial charge in [0.15, 0.2) is 0 Å². The lowest BCUT2D eigenvalue weighted by Gasteiger charge is -2.36. The molecule has 2 aromatic rings. The summed E-state index contributed by atoms with van der Waals surface area (Å²) < 4.78 is 5.83. The van der Waals surface area contributed by atoms with Gasteiger partial charge in [-0.2, -0.15) is 0 Å². The molecule has 134 valence electrons. The van der Waals surface area contributed by atoms with Crippen LogP contribution in [-0.2, 0) is 11.2 Å². The molecule has 0 spiro atoms. The van der Waals surface area contributed by atoms with Crippen molar-refractivity contribution in [1.29, 1.82) is 0 Å². The van der Waals surface area contributed by atoms with Crippen molar-refractivity contribution in [2.45, 2.75) is 57.1 Å². The second-order valence-electron chi connectivity index (χ2n) is 7.84. The van der Waals surface area contributed by atoms with Gasteiger partial charge >= 0.3 is 0 Å². The van der Waals surface area contributed by atoms with E-state index in [-0.39, 0.29) is 5.60 Å². The van der Waals surface area contributed by atoms with E-state index in [1.807, 2.05) is 0 Å². The Morgan fingerprint density at radius 1 is 1.04 bits per heavy atom. The van der Waals surface area contributed by atoms with Gasteiger partial charge in [-0.1, -0.05) is 60.7 Å². The SMILES string of the molecule is CC1(C)CC(NCCC(Cc2ccccc2)c2ccccc2)CCO1. The maximum atomic E-state index is 5.83. The minimum atomic E-state index is 0.0127. The first-order chi connectivity index (χ1) is 12.1. The number of rotatable bonds is 7. The van der Waals surface area contributed by atoms with E-state index in [2.05, 4.69) is 79.8 Å². The summed E-state index contributed by atoms with van der Waals surface area (Å²) in [5.41, 5.74) is 2.88. The van der Waals surface area contributed by atoms with Crippen LogP contribution >= 0.6 is 0 Å². The summed E-state index contributed by atoms with van der Waals surface area (Å²) in [4.78, 5) is 0. The zero-order chi connectivity index (χ0) is 17.5. The molecule has 0 radical (unpaired) electrons. The van der Waals surface area contributed by atoms with Gasteiger partial charge in [-0.05, 0) is 63.1 Å². The summed E-state index contributed by atoms with van der Waals surface area (Å²) in [7, 11) is 0. The highest BCUT2D eigenvalue weighted by Gasteiger charge is 2.28. The number of ether oxygens (including phenoxy) is 1. The molecule has 1 N–H and O–H groups in total. The van der Waals surface area contributed by atoms with E-state index in [0.717, 1.165) is 38.8 Å². The van der Waals surface area contributed by atoms with Gasteiger partial charge in [-0.25, -0.2) is 0 Å². The maximum absolute atomic E-state index is 5.83. The van der Waals surface area contributed by atoms with Crippen LogP contribution in [0.1, 0.15) is 50.2 Å². The molecule has 2 aromatic carbocycles. The molecule has 0 amide bonds. The van der Waals surface area contributed by atoms with Crippen molar-refractivity contribution >= 4 is 0 Å². The third kappa shape index (κ3) is 5.69. The van der Waals surface area contributed by atoms with Gasteiger partial charge in [0, 0.05) is 12.6 Å². The Kier molecular flexibility index (Phi) is 6.28. The lowest BCUT2D eigenvalue weighted by molar-refractivity contribution is -0.0628. The van der Waals surface area contributed by atoms with Crippen LogP contribution in [0.15, 0.2) is 60.7 Å². The highest BCUT2D eigenvalue weighted by atomic mass is 16.5. The Morgan fingerprint density at radius 3 is 2.40 bits per heavy atom. The van der Waals surface area contributed by atoms with Crippen LogP contribution in [0.4, 0.5) is 0 Å². The molecule has 0 aromatic heterocycles. The van der Waals surface area contributed by atoms with Gasteiger partial charge < -0.3 is 10.1 Å². The molecule has 1 aliphatic rings. The first kappa shape index (κ1) is 18.2. The van der Waals surface area contributed by atoms with Gasteiger partial charge in [-0.3, -0.25) is 0 Å². The maximum Gasteiger partial charge on any atom is 0.0641 e. The molecular formula is C23H31NO. The van der Waals surface area contributed by atoms with Crippen molar-refractivity contribution in [3.63, 3.8) is 0 Å². The van der Waals surface area contributed by atoms with E-state index in [9.17, 15) is 0 Å². The van der Waals surface area contributed by atoms with Gasteiger partial charge in [0.05, 0.1) is 5.60 Å². The summed E-state index contributed by atoms with van der Waals surface area (Å²) in [5, 5.41) is 3.78. The predicted octanol–water partition coefficient (Wildman–Crippen LogP) is 4.95. The molecule has 1 heterocycles. The van der Waals surface area contributed by atoms with Crippen LogP contribution < -0.4 is 5.32 Å². The first-order valence-corrected chi connectivity index (χ1v) is 9.59. The normalized spacial score (nSPS) is 21.0. The second-order valence-corrected chi connectivity index (χ2v) is 7.84. The van der Waals surface area contributed by atoms with Crippen molar-refractivity contribution < 1.29 is 4.74 Å². The van der Waals surface area contributed by atoms with Crippen LogP contribution in [-0.4, -0.2) is 24.8 Å². The van der Waals surface area contributed by atoms with E-state index < -0.39 is 0 Å². The highest BCUT2D eigenvalue weighted by molar-refractivity contribution is 5.24. The van der Waals surface area contributed by atoms with Crippen molar-refractivity contribution in [3.8, 4) is 0 Å². The number of nitrogens with one attached hydrogen (secondary N) is 1. The second kappa shape index (κ2) is 8.64. The molecule has 0 saturated carbocycles. The smallest absolute Gasteiger partial charge is 0.0641 e. The molecule has 2 heteroatoms. The zero-order valence-electron chi connectivity index (χ0n) is 15.6. The Morgan fingerprint density at radius 2 is 1.72 bits per heavy atom. The fraction of sp³-hybridized carbons (Fsp3) is 0.478. The van der Waals surface area contributed by atoms with Gasteiger partial charge in [0.2, 0.25) is 0 Å². The van der Waals surface area contributed by atoms with E-state index in [0.29, 0.717) is 12.0 Å². The summed E-state index contributed by atoms with van der Waals surface area (Å²) in [6, 6.07) is 22.4. The quantitative estimate of drug-likeness (QED) is 0.772. The van der Waals surface area contributed by atoms with Crippen molar-refractivity contribution in [2.24, 2.45) is 0 Å². The standard InChI is InChI=1S/C23H31NO/c1-23(2)18-22(14-16-25-23)24-15-13-21(20-11-7-4-8-12-20)17-19-9-5-3-6-10-19/h3-12,21-22,24H,13-18H2,1-2H3. The van der Waals surface area contributed by atoms with E-state index in [1.165, 1.54) is 11.1 Å². The van der Waals surface area contributed by atoms with Crippen LogP contribution in [0.5, 0.6) is 0 Å². The summed E-state index contributed by atoms with van der Waals surface area (Å²) in [6.45, 7) is 6.33. The average molecular weight is 338 g/mol. The lowest BCUT2D eigenvalue weighted by Crippen LogP contribution is -2.44. The monoisotopic (exact) mass is 337 g/mol. The van der Waals surface area contributed by atoms with Crippen LogP contribution in [0.3, 0.4) is 0 Å². The zero-order valence-corrected chi connectivity index (χ0v) is 15.6. The number of hydrogen-bond acceptors (Lipinski definition) is 2. The van der Waals surface area contributed by atoms with E-state index >= 15 is 0 Å². The Balaban J connectivity index is 1.58. The van der Waals surface area contributed by atoms with Crippen LogP contribution in [0.25, 0.3) is 0 Å². The van der Waals surface area contributed by atoms with E-state index in [4.69, 9.17) is 4.74 Å². The van der Waals surface area contributed by atoms with Gasteiger partial charge in [-0.15, -0.1) is 0 Å². The summed E-state index contributed by atoms with van der Waals surface area (Å²) in [5.74, 6) is 0.559. The highest BCUT2D eigenvalue weighted by Crippen LogP contribution is 2.26.